The molecule has 0 amide bonds. The molecule has 5 aliphatic carbocycles. The summed E-state index contributed by atoms with van der Waals surface area (Å²) in [6.45, 7) is 14.8. The van der Waals surface area contributed by atoms with Crippen molar-refractivity contribution < 1.29 is 19.4 Å². The third kappa shape index (κ3) is 4.01. The number of rotatable bonds is 5. The van der Waals surface area contributed by atoms with E-state index in [1.165, 1.54) is 19.3 Å². The van der Waals surface area contributed by atoms with Gasteiger partial charge in [-0.05, 0) is 121 Å². The molecule has 0 spiro atoms. The molecule has 1 aromatic rings. The monoisotopic (exact) mass is 562 g/mol. The molecule has 5 fully saturated rings. The molecule has 5 aliphatic rings. The first-order valence-electron chi connectivity index (χ1n) is 16.7. The Morgan fingerprint density at radius 2 is 1.63 bits per heavy atom. The van der Waals surface area contributed by atoms with Crippen LogP contribution < -0.4 is 0 Å². The van der Waals surface area contributed by atoms with Crippen molar-refractivity contribution in [2.24, 2.45) is 62.6 Å². The molecular formula is C37H54O4. The molecule has 4 heteroatoms. The number of benzene rings is 1. The standard InChI is InChI=1S/C37H54O4/c1-24(22-38)26-14-19-37(32(40)41-23-25-10-8-7-9-11-25)21-20-35(5)27(31(26)37)12-13-29-34(4)17-16-30(39)33(2,3)28(34)15-18-36(29,35)6/h7-11,22,24,26-31,39H,12-21,23H2,1-6H3/t24?,26-,27?,28-,29+,30+,31-,34-,35+,36+,37-/m0/s1. The molecule has 0 aromatic heterocycles. The summed E-state index contributed by atoms with van der Waals surface area (Å²) in [4.78, 5) is 26.4. The van der Waals surface area contributed by atoms with Crippen molar-refractivity contribution in [3.8, 4) is 0 Å². The van der Waals surface area contributed by atoms with Gasteiger partial charge in [0.15, 0.2) is 0 Å². The van der Waals surface area contributed by atoms with Crippen molar-refractivity contribution in [3.63, 3.8) is 0 Å². The van der Waals surface area contributed by atoms with Gasteiger partial charge in [-0.15, -0.1) is 0 Å². The minimum absolute atomic E-state index is 0.0139. The van der Waals surface area contributed by atoms with Crippen LogP contribution in [0.3, 0.4) is 0 Å². The van der Waals surface area contributed by atoms with Crippen molar-refractivity contribution in [2.45, 2.75) is 118 Å². The number of aliphatic hydroxyl groups excluding tert-OH is 1. The third-order valence-electron chi connectivity index (χ3n) is 15.0. The quantitative estimate of drug-likeness (QED) is 0.292. The molecule has 0 aliphatic heterocycles. The highest BCUT2D eigenvalue weighted by Gasteiger charge is 2.72. The summed E-state index contributed by atoms with van der Waals surface area (Å²) in [7, 11) is 0. The predicted molar refractivity (Wildman–Crippen MR) is 162 cm³/mol. The molecule has 1 aromatic carbocycles. The number of carbonyl (C=O) groups excluding carboxylic acids is 2. The maximum atomic E-state index is 14.2. The highest BCUT2D eigenvalue weighted by molar-refractivity contribution is 5.78. The van der Waals surface area contributed by atoms with Crippen LogP contribution in [0.25, 0.3) is 0 Å². The average molecular weight is 563 g/mol. The van der Waals surface area contributed by atoms with Crippen LogP contribution in [0, 0.1) is 62.6 Å². The van der Waals surface area contributed by atoms with Crippen molar-refractivity contribution in [1.82, 2.24) is 0 Å². The Hall–Kier alpha value is -1.68. The molecule has 0 heterocycles. The van der Waals surface area contributed by atoms with Crippen LogP contribution in [0.1, 0.15) is 111 Å². The van der Waals surface area contributed by atoms with Crippen LogP contribution in [0.2, 0.25) is 0 Å². The van der Waals surface area contributed by atoms with E-state index in [2.05, 4.69) is 41.5 Å². The van der Waals surface area contributed by atoms with Crippen molar-refractivity contribution in [1.29, 1.82) is 0 Å². The smallest absolute Gasteiger partial charge is 0.312 e. The lowest BCUT2D eigenvalue weighted by atomic mass is 9.32. The number of hydrogen-bond donors (Lipinski definition) is 1. The molecule has 4 nitrogen and oxygen atoms in total. The van der Waals surface area contributed by atoms with Gasteiger partial charge in [0.1, 0.15) is 12.9 Å². The molecule has 226 valence electrons. The minimum atomic E-state index is -0.470. The lowest BCUT2D eigenvalue weighted by Gasteiger charge is -2.72. The van der Waals surface area contributed by atoms with Gasteiger partial charge in [-0.2, -0.15) is 0 Å². The van der Waals surface area contributed by atoms with Crippen LogP contribution in [0.4, 0.5) is 0 Å². The van der Waals surface area contributed by atoms with Gasteiger partial charge < -0.3 is 14.6 Å². The first-order valence-corrected chi connectivity index (χ1v) is 16.7. The second kappa shape index (κ2) is 9.93. The second-order valence-corrected chi connectivity index (χ2v) is 16.5. The predicted octanol–water partition coefficient (Wildman–Crippen LogP) is 8.01. The van der Waals surface area contributed by atoms with E-state index in [0.29, 0.717) is 24.4 Å². The molecule has 0 saturated heterocycles. The van der Waals surface area contributed by atoms with Crippen LogP contribution in [-0.2, 0) is 20.9 Å². The lowest BCUT2D eigenvalue weighted by Crippen LogP contribution is -2.67. The number of aldehydes is 1. The summed E-state index contributed by atoms with van der Waals surface area (Å²) in [5, 5.41) is 11.0. The minimum Gasteiger partial charge on any atom is -0.460 e. The fourth-order valence-electron chi connectivity index (χ4n) is 12.5. The summed E-state index contributed by atoms with van der Waals surface area (Å²) < 4.78 is 6.15. The number of fused-ring (bicyclic) bond motifs is 7. The number of ether oxygens (including phenoxy) is 1. The molecule has 1 N–H and O–H groups in total. The van der Waals surface area contributed by atoms with Crippen molar-refractivity contribution >= 4 is 12.3 Å². The number of hydrogen-bond acceptors (Lipinski definition) is 4. The SMILES string of the molecule is CC(C=O)[C@@H]1CC[C@]2(C(=O)OCc3ccccc3)CC[C@]3(C)C(CC[C@@H]4[C@@]5(C)CC[C@@H](O)C(C)(C)[C@@H]5CC[C@]43C)[C@H]12. The molecule has 41 heavy (non-hydrogen) atoms. The zero-order valence-electron chi connectivity index (χ0n) is 26.5. The van der Waals surface area contributed by atoms with Gasteiger partial charge in [-0.1, -0.05) is 71.9 Å². The summed E-state index contributed by atoms with van der Waals surface area (Å²) in [5.41, 5.74) is 1.07. The molecule has 5 saturated carbocycles. The topological polar surface area (TPSA) is 63.6 Å². The maximum absolute atomic E-state index is 14.2. The van der Waals surface area contributed by atoms with E-state index in [9.17, 15) is 14.7 Å². The van der Waals surface area contributed by atoms with Crippen LogP contribution >= 0.6 is 0 Å². The number of aliphatic hydroxyl groups is 1. The third-order valence-corrected chi connectivity index (χ3v) is 15.0. The van der Waals surface area contributed by atoms with Crippen molar-refractivity contribution in [3.05, 3.63) is 35.9 Å². The Morgan fingerprint density at radius 1 is 0.902 bits per heavy atom. The average Bonchev–Trinajstić information content (AvgIpc) is 3.35. The van der Waals surface area contributed by atoms with Crippen LogP contribution in [0.5, 0.6) is 0 Å². The van der Waals surface area contributed by atoms with Crippen LogP contribution in [0.15, 0.2) is 30.3 Å². The van der Waals surface area contributed by atoms with E-state index in [4.69, 9.17) is 4.74 Å². The zero-order chi connectivity index (χ0) is 29.4. The fourth-order valence-corrected chi connectivity index (χ4v) is 12.5. The Labute approximate surface area is 248 Å². The molecule has 0 radical (unpaired) electrons. The highest BCUT2D eigenvalue weighted by atomic mass is 16.5. The van der Waals surface area contributed by atoms with Gasteiger partial charge in [0, 0.05) is 5.92 Å². The normalized spacial score (nSPS) is 47.2. The van der Waals surface area contributed by atoms with E-state index in [1.807, 2.05) is 30.3 Å². The number of carbonyl (C=O) groups is 2. The molecule has 2 unspecified atom stereocenters. The van der Waals surface area contributed by atoms with E-state index < -0.39 is 5.41 Å². The van der Waals surface area contributed by atoms with E-state index in [0.717, 1.165) is 56.8 Å². The summed E-state index contributed by atoms with van der Waals surface area (Å²) in [5.74, 6) is 2.00. The van der Waals surface area contributed by atoms with Gasteiger partial charge in [0.25, 0.3) is 0 Å². The molecule has 0 bridgehead atoms. The molecular weight excluding hydrogens is 508 g/mol. The highest BCUT2D eigenvalue weighted by Crippen LogP contribution is 2.77. The van der Waals surface area contributed by atoms with E-state index in [-0.39, 0.29) is 51.5 Å². The van der Waals surface area contributed by atoms with Gasteiger partial charge >= 0.3 is 5.97 Å². The number of esters is 1. The van der Waals surface area contributed by atoms with Gasteiger partial charge in [-0.3, -0.25) is 4.79 Å². The van der Waals surface area contributed by atoms with Crippen molar-refractivity contribution in [2.75, 3.05) is 0 Å². The Bertz CT molecular complexity index is 1160. The van der Waals surface area contributed by atoms with Crippen LogP contribution in [-0.4, -0.2) is 23.5 Å². The van der Waals surface area contributed by atoms with Gasteiger partial charge in [0.2, 0.25) is 0 Å². The maximum Gasteiger partial charge on any atom is 0.312 e. The first-order chi connectivity index (χ1) is 19.3. The summed E-state index contributed by atoms with van der Waals surface area (Å²) in [6.07, 6.45) is 11.4. The first kappa shape index (κ1) is 29.4. The molecule has 11 atom stereocenters. The van der Waals surface area contributed by atoms with Gasteiger partial charge in [-0.25, -0.2) is 0 Å². The molecule has 6 rings (SSSR count). The second-order valence-electron chi connectivity index (χ2n) is 16.5. The zero-order valence-corrected chi connectivity index (χ0v) is 26.5. The summed E-state index contributed by atoms with van der Waals surface area (Å²) >= 11 is 0. The van der Waals surface area contributed by atoms with Gasteiger partial charge in [0.05, 0.1) is 11.5 Å². The summed E-state index contributed by atoms with van der Waals surface area (Å²) in [6, 6.07) is 10.0. The largest absolute Gasteiger partial charge is 0.460 e. The Kier molecular flexibility index (Phi) is 7.12. The lowest BCUT2D eigenvalue weighted by molar-refractivity contribution is -0.250. The van der Waals surface area contributed by atoms with E-state index >= 15 is 0 Å². The fraction of sp³-hybridized carbons (Fsp3) is 0.784. The Balaban J connectivity index is 1.34. The van der Waals surface area contributed by atoms with E-state index in [1.54, 1.807) is 0 Å². The Morgan fingerprint density at radius 3 is 2.34 bits per heavy atom.